The molecule has 9 heteroatoms. The van der Waals surface area contributed by atoms with Crippen molar-refractivity contribution in [2.45, 2.75) is 13.8 Å². The van der Waals surface area contributed by atoms with Gasteiger partial charge in [0.1, 0.15) is 9.88 Å². The van der Waals surface area contributed by atoms with Crippen LogP contribution in [0.15, 0.2) is 24.4 Å². The molecule has 0 unspecified atom stereocenters. The van der Waals surface area contributed by atoms with Gasteiger partial charge in [-0.15, -0.1) is 11.3 Å². The first-order valence-corrected chi connectivity index (χ1v) is 7.85. The second-order valence-electron chi connectivity index (χ2n) is 4.49. The predicted molar refractivity (Wildman–Crippen MR) is 85.5 cm³/mol. The minimum Gasteiger partial charge on any atom is -0.451 e. The Morgan fingerprint density at radius 3 is 2.71 bits per heavy atom. The van der Waals surface area contributed by atoms with E-state index in [0.29, 0.717) is 16.4 Å². The third kappa shape index (κ3) is 4.59. The second-order valence-corrected chi connectivity index (χ2v) is 5.49. The van der Waals surface area contributed by atoms with Gasteiger partial charge < -0.3 is 9.47 Å². The summed E-state index contributed by atoms with van der Waals surface area (Å²) in [6.07, 6.45) is 0.744. The minimum absolute atomic E-state index is 0.134. The van der Waals surface area contributed by atoms with Gasteiger partial charge in [-0.05, 0) is 26.0 Å². The van der Waals surface area contributed by atoms with Crippen molar-refractivity contribution >= 4 is 29.3 Å². The molecule has 2 aromatic rings. The summed E-state index contributed by atoms with van der Waals surface area (Å²) < 4.78 is 9.44. The molecule has 0 spiro atoms. The van der Waals surface area contributed by atoms with E-state index >= 15 is 0 Å². The van der Waals surface area contributed by atoms with Gasteiger partial charge in [0.15, 0.2) is 6.61 Å². The number of nitrogens with one attached hydrogen (secondary N) is 1. The van der Waals surface area contributed by atoms with Crippen molar-refractivity contribution < 1.29 is 23.9 Å². The number of carbonyl (C=O) groups is 3. The molecule has 0 aliphatic rings. The highest BCUT2D eigenvalue weighted by atomic mass is 32.1. The van der Waals surface area contributed by atoms with E-state index in [4.69, 9.17) is 4.74 Å². The summed E-state index contributed by atoms with van der Waals surface area (Å²) in [4.78, 5) is 43.3. The first kappa shape index (κ1) is 17.5. The zero-order chi connectivity index (χ0) is 17.5. The molecule has 2 rings (SSSR count). The molecule has 0 atom stereocenters. The van der Waals surface area contributed by atoms with Crippen molar-refractivity contribution in [2.75, 3.05) is 13.2 Å². The topological polar surface area (TPSA) is 107 Å². The van der Waals surface area contributed by atoms with Crippen molar-refractivity contribution in [3.63, 3.8) is 0 Å². The SMILES string of the molecule is CCOC(=O)NC(=O)COC(=O)c1sc(-c2ccccn2)nc1C. The minimum atomic E-state index is -0.884. The van der Waals surface area contributed by atoms with Gasteiger partial charge in [-0.1, -0.05) is 6.07 Å². The highest BCUT2D eigenvalue weighted by Crippen LogP contribution is 2.26. The van der Waals surface area contributed by atoms with Crippen LogP contribution in [0.1, 0.15) is 22.3 Å². The maximum atomic E-state index is 12.1. The third-order valence-corrected chi connectivity index (χ3v) is 3.88. The Labute approximate surface area is 141 Å². The van der Waals surface area contributed by atoms with Crippen LogP contribution in [-0.4, -0.2) is 41.2 Å². The van der Waals surface area contributed by atoms with E-state index in [0.717, 1.165) is 11.3 Å². The van der Waals surface area contributed by atoms with Gasteiger partial charge in [-0.3, -0.25) is 15.1 Å². The van der Waals surface area contributed by atoms with Gasteiger partial charge in [0.25, 0.3) is 5.91 Å². The third-order valence-electron chi connectivity index (χ3n) is 2.72. The van der Waals surface area contributed by atoms with Gasteiger partial charge in [-0.25, -0.2) is 14.6 Å². The Kier molecular flexibility index (Phi) is 5.96. The fraction of sp³-hybridized carbons (Fsp3) is 0.267. The highest BCUT2D eigenvalue weighted by molar-refractivity contribution is 7.17. The average molecular weight is 349 g/mol. The lowest BCUT2D eigenvalue weighted by Crippen LogP contribution is -2.34. The lowest BCUT2D eigenvalue weighted by Gasteiger charge is -2.05. The number of ether oxygens (including phenoxy) is 2. The van der Waals surface area contributed by atoms with E-state index in [-0.39, 0.29) is 11.5 Å². The molecule has 0 fully saturated rings. The normalized spacial score (nSPS) is 10.1. The van der Waals surface area contributed by atoms with E-state index in [2.05, 4.69) is 14.7 Å². The average Bonchev–Trinajstić information content (AvgIpc) is 2.95. The smallest absolute Gasteiger partial charge is 0.413 e. The fourth-order valence-corrected chi connectivity index (χ4v) is 2.64. The Bertz CT molecular complexity index is 745. The number of thiazole rings is 1. The molecule has 8 nitrogen and oxygen atoms in total. The van der Waals surface area contributed by atoms with Crippen molar-refractivity contribution in [2.24, 2.45) is 0 Å². The van der Waals surface area contributed by atoms with Crippen LogP contribution in [0, 0.1) is 6.92 Å². The fourth-order valence-electron chi connectivity index (χ4n) is 1.70. The second kappa shape index (κ2) is 8.16. The molecule has 0 saturated heterocycles. The molecule has 24 heavy (non-hydrogen) atoms. The number of pyridine rings is 1. The number of alkyl carbamates (subject to hydrolysis) is 1. The summed E-state index contributed by atoms with van der Waals surface area (Å²) in [5.74, 6) is -1.46. The molecule has 0 aliphatic carbocycles. The van der Waals surface area contributed by atoms with Gasteiger partial charge in [0, 0.05) is 6.20 Å². The van der Waals surface area contributed by atoms with E-state index in [1.165, 1.54) is 0 Å². The van der Waals surface area contributed by atoms with Gasteiger partial charge in [0.05, 0.1) is 18.0 Å². The summed E-state index contributed by atoms with van der Waals surface area (Å²) in [5, 5.41) is 2.51. The molecule has 2 amide bonds. The monoisotopic (exact) mass is 349 g/mol. The predicted octanol–water partition coefficient (Wildman–Crippen LogP) is 1.94. The summed E-state index contributed by atoms with van der Waals surface area (Å²) in [5.41, 5.74) is 1.13. The molecule has 0 aromatic carbocycles. The van der Waals surface area contributed by atoms with Crippen LogP contribution in [-0.2, 0) is 14.3 Å². The number of esters is 1. The lowest BCUT2D eigenvalue weighted by molar-refractivity contribution is -0.123. The van der Waals surface area contributed by atoms with Gasteiger partial charge >= 0.3 is 12.1 Å². The molecular weight excluding hydrogens is 334 g/mol. The number of imide groups is 1. The quantitative estimate of drug-likeness (QED) is 0.822. The van der Waals surface area contributed by atoms with Crippen molar-refractivity contribution in [1.29, 1.82) is 0 Å². The van der Waals surface area contributed by atoms with Crippen LogP contribution in [0.2, 0.25) is 0 Å². The largest absolute Gasteiger partial charge is 0.451 e. The number of nitrogens with zero attached hydrogens (tertiary/aromatic N) is 2. The highest BCUT2D eigenvalue weighted by Gasteiger charge is 2.19. The number of aromatic nitrogens is 2. The Hall–Kier alpha value is -2.81. The molecule has 0 aliphatic heterocycles. The molecule has 1 N–H and O–H groups in total. The first-order valence-electron chi connectivity index (χ1n) is 7.03. The number of carbonyl (C=O) groups excluding carboxylic acids is 3. The van der Waals surface area contributed by atoms with Crippen molar-refractivity contribution in [1.82, 2.24) is 15.3 Å². The van der Waals surface area contributed by atoms with Crippen LogP contribution >= 0.6 is 11.3 Å². The Balaban J connectivity index is 1.97. The maximum Gasteiger partial charge on any atom is 0.413 e. The number of hydrogen-bond acceptors (Lipinski definition) is 8. The standard InChI is InChI=1S/C15H15N3O5S/c1-3-22-15(21)18-11(19)8-23-14(20)12-9(2)17-13(24-12)10-6-4-5-7-16-10/h4-7H,3,8H2,1-2H3,(H,18,19,21). The molecule has 0 saturated carbocycles. The summed E-state index contributed by atoms with van der Waals surface area (Å²) >= 11 is 1.12. The Morgan fingerprint density at radius 2 is 2.04 bits per heavy atom. The number of amides is 2. The summed E-state index contributed by atoms with van der Waals surface area (Å²) in [6, 6.07) is 5.37. The molecule has 0 radical (unpaired) electrons. The van der Waals surface area contributed by atoms with Crippen molar-refractivity contribution in [3.8, 4) is 10.7 Å². The van der Waals surface area contributed by atoms with E-state index < -0.39 is 24.6 Å². The Morgan fingerprint density at radius 1 is 1.25 bits per heavy atom. The van der Waals surface area contributed by atoms with Gasteiger partial charge in [-0.2, -0.15) is 0 Å². The van der Waals surface area contributed by atoms with Crippen LogP contribution in [0.3, 0.4) is 0 Å². The molecule has 2 heterocycles. The van der Waals surface area contributed by atoms with E-state index in [1.54, 1.807) is 32.2 Å². The molecule has 126 valence electrons. The zero-order valence-corrected chi connectivity index (χ0v) is 13.9. The maximum absolute atomic E-state index is 12.1. The summed E-state index contributed by atoms with van der Waals surface area (Å²) in [7, 11) is 0. The molecular formula is C15H15N3O5S. The van der Waals surface area contributed by atoms with Crippen molar-refractivity contribution in [3.05, 3.63) is 35.0 Å². The van der Waals surface area contributed by atoms with Crippen LogP contribution < -0.4 is 5.32 Å². The van der Waals surface area contributed by atoms with E-state index in [9.17, 15) is 14.4 Å². The molecule has 0 bridgehead atoms. The van der Waals surface area contributed by atoms with Crippen LogP contribution in [0.25, 0.3) is 10.7 Å². The molecule has 2 aromatic heterocycles. The number of aryl methyl sites for hydroxylation is 1. The van der Waals surface area contributed by atoms with E-state index in [1.807, 2.05) is 11.4 Å². The lowest BCUT2D eigenvalue weighted by atomic mass is 10.3. The van der Waals surface area contributed by atoms with Crippen LogP contribution in [0.4, 0.5) is 4.79 Å². The first-order chi connectivity index (χ1) is 11.5. The summed E-state index contributed by atoms with van der Waals surface area (Å²) in [6.45, 7) is 2.82. The number of rotatable bonds is 5. The zero-order valence-electron chi connectivity index (χ0n) is 13.1. The van der Waals surface area contributed by atoms with Crippen LogP contribution in [0.5, 0.6) is 0 Å². The number of hydrogen-bond donors (Lipinski definition) is 1. The van der Waals surface area contributed by atoms with Gasteiger partial charge in [0.2, 0.25) is 0 Å².